The van der Waals surface area contributed by atoms with Crippen molar-refractivity contribution in [2.45, 2.75) is 32.4 Å². The Bertz CT molecular complexity index is 577. The molecule has 2 nitrogen and oxygen atoms in total. The van der Waals surface area contributed by atoms with Crippen molar-refractivity contribution < 1.29 is 4.74 Å². The van der Waals surface area contributed by atoms with Crippen molar-refractivity contribution in [1.82, 2.24) is 0 Å². The Balaban J connectivity index is 1.68. The second-order valence-corrected chi connectivity index (χ2v) is 5.10. The van der Waals surface area contributed by atoms with E-state index in [0.717, 1.165) is 11.3 Å². The Morgan fingerprint density at radius 3 is 2.68 bits per heavy atom. The summed E-state index contributed by atoms with van der Waals surface area (Å²) in [6, 6.07) is 14.7. The van der Waals surface area contributed by atoms with Crippen LogP contribution in [0.15, 0.2) is 42.5 Å². The van der Waals surface area contributed by atoms with E-state index in [1.807, 2.05) is 12.1 Å². The van der Waals surface area contributed by atoms with Crippen molar-refractivity contribution in [1.29, 1.82) is 0 Å². The minimum atomic E-state index is 0.576. The normalized spacial score (nSPS) is 13.3. The number of hydrogen-bond donors (Lipinski definition) is 1. The molecule has 0 bridgehead atoms. The van der Waals surface area contributed by atoms with Gasteiger partial charge in [0, 0.05) is 6.54 Å². The molecule has 0 fully saturated rings. The van der Waals surface area contributed by atoms with Gasteiger partial charge in [-0.15, -0.1) is 0 Å². The average Bonchev–Trinajstić information content (AvgIpc) is 2.93. The highest BCUT2D eigenvalue weighted by Crippen LogP contribution is 2.26. The molecule has 3 rings (SSSR count). The largest absolute Gasteiger partial charge is 0.489 e. The standard InChI is InChI=1S/C17H19NO/c18-11-13-3-1-4-14(9-13)12-19-17-8-7-15-5-2-6-16(15)10-17/h1,3-4,7-10H,2,5-6,11-12,18H2. The van der Waals surface area contributed by atoms with Crippen LogP contribution in [0.4, 0.5) is 0 Å². The van der Waals surface area contributed by atoms with Gasteiger partial charge in [0.25, 0.3) is 0 Å². The first kappa shape index (κ1) is 12.2. The molecule has 0 aromatic heterocycles. The van der Waals surface area contributed by atoms with E-state index >= 15 is 0 Å². The van der Waals surface area contributed by atoms with Crippen LogP contribution in [-0.2, 0) is 26.0 Å². The summed E-state index contributed by atoms with van der Waals surface area (Å²) < 4.78 is 5.88. The van der Waals surface area contributed by atoms with Crippen LogP contribution in [0.25, 0.3) is 0 Å². The first-order valence-corrected chi connectivity index (χ1v) is 6.87. The van der Waals surface area contributed by atoms with Gasteiger partial charge in [0.05, 0.1) is 0 Å². The minimum Gasteiger partial charge on any atom is -0.489 e. The van der Waals surface area contributed by atoms with Gasteiger partial charge in [-0.25, -0.2) is 0 Å². The van der Waals surface area contributed by atoms with E-state index in [4.69, 9.17) is 10.5 Å². The average molecular weight is 253 g/mol. The summed E-state index contributed by atoms with van der Waals surface area (Å²) in [4.78, 5) is 0. The molecule has 2 N–H and O–H groups in total. The number of fused-ring (bicyclic) bond motifs is 1. The van der Waals surface area contributed by atoms with E-state index in [0.29, 0.717) is 13.2 Å². The number of aryl methyl sites for hydroxylation is 2. The number of nitrogens with two attached hydrogens (primary N) is 1. The number of rotatable bonds is 4. The molecule has 0 heterocycles. The fourth-order valence-electron chi connectivity index (χ4n) is 2.65. The van der Waals surface area contributed by atoms with Crippen molar-refractivity contribution in [3.63, 3.8) is 0 Å². The second-order valence-electron chi connectivity index (χ2n) is 5.10. The number of benzene rings is 2. The van der Waals surface area contributed by atoms with Gasteiger partial charge in [0.15, 0.2) is 0 Å². The molecule has 98 valence electrons. The lowest BCUT2D eigenvalue weighted by atomic mass is 10.1. The summed E-state index contributed by atoms with van der Waals surface area (Å²) in [6.45, 7) is 1.18. The highest BCUT2D eigenvalue weighted by atomic mass is 16.5. The summed E-state index contributed by atoms with van der Waals surface area (Å²) in [5.74, 6) is 0.971. The van der Waals surface area contributed by atoms with Crippen molar-refractivity contribution >= 4 is 0 Å². The molecule has 0 radical (unpaired) electrons. The van der Waals surface area contributed by atoms with Crippen molar-refractivity contribution in [3.8, 4) is 5.75 Å². The van der Waals surface area contributed by atoms with Gasteiger partial charge in [0.2, 0.25) is 0 Å². The quantitative estimate of drug-likeness (QED) is 0.908. The zero-order chi connectivity index (χ0) is 13.1. The lowest BCUT2D eigenvalue weighted by molar-refractivity contribution is 0.306. The molecule has 19 heavy (non-hydrogen) atoms. The Morgan fingerprint density at radius 1 is 0.947 bits per heavy atom. The summed E-state index contributed by atoms with van der Waals surface area (Å²) >= 11 is 0. The Hall–Kier alpha value is -1.80. The fourth-order valence-corrected chi connectivity index (χ4v) is 2.65. The van der Waals surface area contributed by atoms with E-state index in [2.05, 4.69) is 30.3 Å². The predicted octanol–water partition coefficient (Wildman–Crippen LogP) is 3.21. The molecule has 2 aromatic rings. The molecule has 2 aromatic carbocycles. The van der Waals surface area contributed by atoms with Crippen LogP contribution in [0.1, 0.15) is 28.7 Å². The van der Waals surface area contributed by atoms with Gasteiger partial charge in [-0.05, 0) is 53.6 Å². The zero-order valence-electron chi connectivity index (χ0n) is 11.1. The smallest absolute Gasteiger partial charge is 0.120 e. The topological polar surface area (TPSA) is 35.2 Å². The van der Waals surface area contributed by atoms with Crippen LogP contribution in [0.2, 0.25) is 0 Å². The Morgan fingerprint density at radius 2 is 1.79 bits per heavy atom. The molecule has 0 saturated carbocycles. The van der Waals surface area contributed by atoms with Crippen LogP contribution in [0, 0.1) is 0 Å². The van der Waals surface area contributed by atoms with Crippen LogP contribution < -0.4 is 10.5 Å². The molecule has 0 amide bonds. The van der Waals surface area contributed by atoms with Gasteiger partial charge in [-0.1, -0.05) is 30.3 Å². The molecule has 0 atom stereocenters. The molecule has 1 aliphatic carbocycles. The first-order valence-electron chi connectivity index (χ1n) is 6.87. The van der Waals surface area contributed by atoms with E-state index in [-0.39, 0.29) is 0 Å². The lowest BCUT2D eigenvalue weighted by Gasteiger charge is -2.09. The molecule has 0 unspecified atom stereocenters. The van der Waals surface area contributed by atoms with Crippen LogP contribution in [0.5, 0.6) is 5.75 Å². The number of hydrogen-bond acceptors (Lipinski definition) is 2. The highest BCUT2D eigenvalue weighted by molar-refractivity contribution is 5.38. The van der Waals surface area contributed by atoms with Crippen molar-refractivity contribution in [2.75, 3.05) is 0 Å². The van der Waals surface area contributed by atoms with Gasteiger partial charge in [-0.2, -0.15) is 0 Å². The minimum absolute atomic E-state index is 0.576. The third kappa shape index (κ3) is 2.79. The van der Waals surface area contributed by atoms with Gasteiger partial charge >= 0.3 is 0 Å². The maximum absolute atomic E-state index is 5.88. The molecular weight excluding hydrogens is 234 g/mol. The predicted molar refractivity (Wildman–Crippen MR) is 77.1 cm³/mol. The summed E-state index contributed by atoms with van der Waals surface area (Å²) in [5, 5.41) is 0. The molecule has 1 aliphatic rings. The molecule has 0 spiro atoms. The fraction of sp³-hybridized carbons (Fsp3) is 0.294. The SMILES string of the molecule is NCc1cccc(COc2ccc3c(c2)CCC3)c1. The third-order valence-corrected chi connectivity index (χ3v) is 3.70. The molecule has 0 saturated heterocycles. The van der Waals surface area contributed by atoms with E-state index in [1.54, 1.807) is 0 Å². The molecule has 2 heteroatoms. The van der Waals surface area contributed by atoms with Crippen LogP contribution in [0.3, 0.4) is 0 Å². The molecule has 0 aliphatic heterocycles. The molecular formula is C17H19NO. The lowest BCUT2D eigenvalue weighted by Crippen LogP contribution is -2.00. The Labute approximate surface area is 114 Å². The van der Waals surface area contributed by atoms with Crippen LogP contribution in [-0.4, -0.2) is 0 Å². The monoisotopic (exact) mass is 253 g/mol. The van der Waals surface area contributed by atoms with Crippen LogP contribution >= 0.6 is 0 Å². The maximum Gasteiger partial charge on any atom is 0.120 e. The highest BCUT2D eigenvalue weighted by Gasteiger charge is 2.11. The number of ether oxygens (including phenoxy) is 1. The maximum atomic E-state index is 5.88. The Kier molecular flexibility index (Phi) is 3.51. The summed E-state index contributed by atoms with van der Waals surface area (Å²) in [5.41, 5.74) is 10.9. The van der Waals surface area contributed by atoms with Gasteiger partial charge < -0.3 is 10.5 Å². The van der Waals surface area contributed by atoms with E-state index < -0.39 is 0 Å². The van der Waals surface area contributed by atoms with E-state index in [9.17, 15) is 0 Å². The second kappa shape index (κ2) is 5.45. The third-order valence-electron chi connectivity index (χ3n) is 3.70. The summed E-state index contributed by atoms with van der Waals surface area (Å²) in [6.07, 6.45) is 3.68. The van der Waals surface area contributed by atoms with Gasteiger partial charge in [0.1, 0.15) is 12.4 Å². The van der Waals surface area contributed by atoms with Gasteiger partial charge in [-0.3, -0.25) is 0 Å². The van der Waals surface area contributed by atoms with Crippen molar-refractivity contribution in [3.05, 3.63) is 64.7 Å². The van der Waals surface area contributed by atoms with Crippen molar-refractivity contribution in [2.24, 2.45) is 5.73 Å². The van der Waals surface area contributed by atoms with E-state index in [1.165, 1.54) is 36.0 Å². The zero-order valence-corrected chi connectivity index (χ0v) is 11.1. The first-order chi connectivity index (χ1) is 9.35. The summed E-state index contributed by atoms with van der Waals surface area (Å²) in [7, 11) is 0.